The molecule has 0 aliphatic carbocycles. The Balaban J connectivity index is 2.26. The van der Waals surface area contributed by atoms with Crippen LogP contribution in [0.2, 0.25) is 0 Å². The van der Waals surface area contributed by atoms with Gasteiger partial charge in [0, 0.05) is 4.90 Å². The van der Waals surface area contributed by atoms with Gasteiger partial charge < -0.3 is 9.47 Å². The van der Waals surface area contributed by atoms with Crippen molar-refractivity contribution in [1.82, 2.24) is 0 Å². The number of carbonyl (C=O) groups excluding carboxylic acids is 1. The lowest BCUT2D eigenvalue weighted by molar-refractivity contribution is -0.140. The lowest BCUT2D eigenvalue weighted by atomic mass is 10.1. The molecule has 104 valence electrons. The fourth-order valence-electron chi connectivity index (χ4n) is 1.80. The van der Waals surface area contributed by atoms with E-state index in [0.29, 0.717) is 0 Å². The van der Waals surface area contributed by atoms with E-state index in [1.54, 1.807) is 7.11 Å². The van der Waals surface area contributed by atoms with Crippen molar-refractivity contribution < 1.29 is 14.3 Å². The third kappa shape index (κ3) is 3.54. The number of rotatable bonds is 5. The van der Waals surface area contributed by atoms with Gasteiger partial charge in [0.25, 0.3) is 0 Å². The second-order valence-electron chi connectivity index (χ2n) is 4.11. The Hall–Kier alpha value is -1.94. The van der Waals surface area contributed by atoms with Crippen molar-refractivity contribution >= 4 is 17.7 Å². The van der Waals surface area contributed by atoms with Gasteiger partial charge in [0.05, 0.1) is 14.2 Å². The van der Waals surface area contributed by atoms with E-state index in [1.807, 2.05) is 54.6 Å². The normalized spacial score (nSPS) is 11.7. The Morgan fingerprint density at radius 1 is 1.05 bits per heavy atom. The first-order valence-corrected chi connectivity index (χ1v) is 7.06. The third-order valence-corrected chi connectivity index (χ3v) is 4.04. The monoisotopic (exact) mass is 288 g/mol. The average molecular weight is 288 g/mol. The van der Waals surface area contributed by atoms with E-state index in [-0.39, 0.29) is 11.2 Å². The lowest BCUT2D eigenvalue weighted by Crippen LogP contribution is -2.11. The van der Waals surface area contributed by atoms with Crippen LogP contribution in [0.4, 0.5) is 0 Å². The number of hydrogen-bond donors (Lipinski definition) is 0. The number of benzene rings is 2. The number of thioether (sulfide) groups is 1. The van der Waals surface area contributed by atoms with Crippen LogP contribution in [-0.4, -0.2) is 20.2 Å². The van der Waals surface area contributed by atoms with Crippen LogP contribution in [0, 0.1) is 0 Å². The molecule has 0 bridgehead atoms. The number of ether oxygens (including phenoxy) is 2. The van der Waals surface area contributed by atoms with Crippen LogP contribution in [0.15, 0.2) is 59.5 Å². The molecule has 0 N–H and O–H groups in total. The summed E-state index contributed by atoms with van der Waals surface area (Å²) in [5, 5.41) is -0.381. The van der Waals surface area contributed by atoms with Crippen molar-refractivity contribution in [2.45, 2.75) is 10.1 Å². The molecule has 1 unspecified atom stereocenters. The van der Waals surface area contributed by atoms with Crippen molar-refractivity contribution in [1.29, 1.82) is 0 Å². The molecule has 2 aromatic carbocycles. The SMILES string of the molecule is COC(=O)C(Sc1cccc(OC)c1)c1ccccc1. The van der Waals surface area contributed by atoms with Gasteiger partial charge in [-0.2, -0.15) is 0 Å². The van der Waals surface area contributed by atoms with Crippen LogP contribution in [-0.2, 0) is 9.53 Å². The Bertz CT molecular complexity index is 569. The number of hydrogen-bond acceptors (Lipinski definition) is 4. The van der Waals surface area contributed by atoms with Crippen LogP contribution < -0.4 is 4.74 Å². The predicted octanol–water partition coefficient (Wildman–Crippen LogP) is 3.70. The minimum absolute atomic E-state index is 0.260. The molecule has 0 saturated heterocycles. The molecule has 3 nitrogen and oxygen atoms in total. The largest absolute Gasteiger partial charge is 0.497 e. The molecule has 4 heteroatoms. The molecular weight excluding hydrogens is 272 g/mol. The van der Waals surface area contributed by atoms with Crippen LogP contribution in [0.1, 0.15) is 10.8 Å². The summed E-state index contributed by atoms with van der Waals surface area (Å²) in [6, 6.07) is 17.2. The van der Waals surface area contributed by atoms with Gasteiger partial charge in [-0.25, -0.2) is 0 Å². The highest BCUT2D eigenvalue weighted by Crippen LogP contribution is 2.37. The molecule has 0 aliphatic rings. The van der Waals surface area contributed by atoms with Gasteiger partial charge >= 0.3 is 5.97 Å². The van der Waals surface area contributed by atoms with Gasteiger partial charge in [0.15, 0.2) is 0 Å². The molecule has 0 heterocycles. The van der Waals surface area contributed by atoms with Crippen molar-refractivity contribution in [3.05, 3.63) is 60.2 Å². The molecule has 0 fully saturated rings. The van der Waals surface area contributed by atoms with Crippen molar-refractivity contribution in [2.75, 3.05) is 14.2 Å². The zero-order valence-corrected chi connectivity index (χ0v) is 12.2. The second-order valence-corrected chi connectivity index (χ2v) is 5.29. The molecule has 1 atom stereocenters. The Labute approximate surface area is 122 Å². The lowest BCUT2D eigenvalue weighted by Gasteiger charge is -2.15. The molecule has 20 heavy (non-hydrogen) atoms. The molecule has 2 aromatic rings. The predicted molar refractivity (Wildman–Crippen MR) is 80.1 cm³/mol. The summed E-state index contributed by atoms with van der Waals surface area (Å²) in [6.45, 7) is 0. The van der Waals surface area contributed by atoms with Gasteiger partial charge in [-0.1, -0.05) is 36.4 Å². The van der Waals surface area contributed by atoms with Gasteiger partial charge in [-0.15, -0.1) is 11.8 Å². The van der Waals surface area contributed by atoms with E-state index in [4.69, 9.17) is 9.47 Å². The van der Waals surface area contributed by atoms with Crippen LogP contribution in [0.3, 0.4) is 0 Å². The van der Waals surface area contributed by atoms with Gasteiger partial charge in [0.2, 0.25) is 0 Å². The standard InChI is InChI=1S/C16H16O3S/c1-18-13-9-6-10-14(11-13)20-15(16(17)19-2)12-7-4-3-5-8-12/h3-11,15H,1-2H3. The van der Waals surface area contributed by atoms with E-state index in [0.717, 1.165) is 16.2 Å². The molecule has 0 radical (unpaired) electrons. The maximum atomic E-state index is 12.0. The molecule has 2 rings (SSSR count). The summed E-state index contributed by atoms with van der Waals surface area (Å²) >= 11 is 1.45. The Kier molecular flexibility index (Phi) is 5.07. The van der Waals surface area contributed by atoms with Gasteiger partial charge in [-0.05, 0) is 23.8 Å². The highest BCUT2D eigenvalue weighted by Gasteiger charge is 2.22. The highest BCUT2D eigenvalue weighted by molar-refractivity contribution is 8.00. The van der Waals surface area contributed by atoms with Crippen LogP contribution in [0.5, 0.6) is 5.75 Å². The number of esters is 1. The summed E-state index contributed by atoms with van der Waals surface area (Å²) in [6.07, 6.45) is 0. The fourth-order valence-corrected chi connectivity index (χ4v) is 2.90. The zero-order chi connectivity index (χ0) is 14.4. The van der Waals surface area contributed by atoms with E-state index in [9.17, 15) is 4.79 Å². The third-order valence-electron chi connectivity index (χ3n) is 2.81. The number of carbonyl (C=O) groups is 1. The van der Waals surface area contributed by atoms with E-state index >= 15 is 0 Å². The van der Waals surface area contributed by atoms with Crippen molar-refractivity contribution in [2.24, 2.45) is 0 Å². The quantitative estimate of drug-likeness (QED) is 0.621. The van der Waals surface area contributed by atoms with Crippen LogP contribution in [0.25, 0.3) is 0 Å². The zero-order valence-electron chi connectivity index (χ0n) is 11.4. The number of methoxy groups -OCH3 is 2. The average Bonchev–Trinajstić information content (AvgIpc) is 2.53. The van der Waals surface area contributed by atoms with Gasteiger partial charge in [-0.3, -0.25) is 4.79 Å². The smallest absolute Gasteiger partial charge is 0.323 e. The first kappa shape index (κ1) is 14.5. The first-order valence-electron chi connectivity index (χ1n) is 6.18. The first-order chi connectivity index (χ1) is 9.74. The highest BCUT2D eigenvalue weighted by atomic mass is 32.2. The summed E-state index contributed by atoms with van der Waals surface area (Å²) in [5.74, 6) is 0.510. The Morgan fingerprint density at radius 3 is 2.45 bits per heavy atom. The summed E-state index contributed by atoms with van der Waals surface area (Å²) in [5.41, 5.74) is 0.923. The molecule has 0 saturated carbocycles. The molecule has 0 aliphatic heterocycles. The molecule has 0 amide bonds. The molecular formula is C16H16O3S. The van der Waals surface area contributed by atoms with Crippen molar-refractivity contribution in [3.63, 3.8) is 0 Å². The maximum absolute atomic E-state index is 12.0. The van der Waals surface area contributed by atoms with E-state index in [2.05, 4.69) is 0 Å². The van der Waals surface area contributed by atoms with Gasteiger partial charge in [0.1, 0.15) is 11.0 Å². The van der Waals surface area contributed by atoms with Crippen molar-refractivity contribution in [3.8, 4) is 5.75 Å². The minimum atomic E-state index is -0.381. The topological polar surface area (TPSA) is 35.5 Å². The summed E-state index contributed by atoms with van der Waals surface area (Å²) < 4.78 is 10.1. The second kappa shape index (κ2) is 7.01. The summed E-state index contributed by atoms with van der Waals surface area (Å²) in [7, 11) is 3.03. The minimum Gasteiger partial charge on any atom is -0.497 e. The molecule has 0 spiro atoms. The fraction of sp³-hybridized carbons (Fsp3) is 0.188. The van der Waals surface area contributed by atoms with E-state index < -0.39 is 0 Å². The maximum Gasteiger partial charge on any atom is 0.323 e. The summed E-state index contributed by atoms with van der Waals surface area (Å²) in [4.78, 5) is 13.0. The molecule has 0 aromatic heterocycles. The Morgan fingerprint density at radius 2 is 1.80 bits per heavy atom. The van der Waals surface area contributed by atoms with E-state index in [1.165, 1.54) is 18.9 Å². The van der Waals surface area contributed by atoms with Crippen LogP contribution >= 0.6 is 11.8 Å².